The topological polar surface area (TPSA) is 41.6 Å². The Morgan fingerprint density at radius 3 is 2.81 bits per heavy atom. The number of carbonyl (C=O) groups is 1. The highest BCUT2D eigenvalue weighted by Gasteiger charge is 2.45. The molecule has 2 aliphatic rings. The second-order valence-electron chi connectivity index (χ2n) is 7.33. The van der Waals surface area contributed by atoms with Gasteiger partial charge in [0.15, 0.2) is 0 Å². The minimum absolute atomic E-state index is 0.120. The Bertz CT molecular complexity index is 697. The van der Waals surface area contributed by atoms with Gasteiger partial charge in [-0.15, -0.1) is 22.7 Å². The van der Waals surface area contributed by atoms with Gasteiger partial charge in [-0.25, -0.2) is 0 Å². The van der Waals surface area contributed by atoms with Crippen LogP contribution in [0.15, 0.2) is 35.0 Å². The maximum atomic E-state index is 12.6. The van der Waals surface area contributed by atoms with E-state index in [1.807, 2.05) is 28.8 Å². The van der Waals surface area contributed by atoms with Crippen molar-refractivity contribution in [2.75, 3.05) is 19.7 Å². The average molecular weight is 391 g/mol. The molecule has 4 nitrogen and oxygen atoms in total. The van der Waals surface area contributed by atoms with Crippen molar-refractivity contribution < 1.29 is 9.53 Å². The number of nitrogens with zero attached hydrogens (tertiary/aromatic N) is 1. The highest BCUT2D eigenvalue weighted by atomic mass is 32.1. The van der Waals surface area contributed by atoms with Crippen molar-refractivity contribution in [3.8, 4) is 0 Å². The van der Waals surface area contributed by atoms with E-state index in [-0.39, 0.29) is 17.6 Å². The Balaban J connectivity index is 1.42. The number of hydrogen-bond acceptors (Lipinski definition) is 5. The molecular weight excluding hydrogens is 364 g/mol. The first kappa shape index (κ1) is 18.2. The minimum Gasteiger partial charge on any atom is -0.370 e. The van der Waals surface area contributed by atoms with Gasteiger partial charge >= 0.3 is 0 Å². The third kappa shape index (κ3) is 4.19. The number of rotatable bonds is 5. The van der Waals surface area contributed by atoms with Crippen LogP contribution < -0.4 is 5.32 Å². The van der Waals surface area contributed by atoms with Crippen molar-refractivity contribution in [3.63, 3.8) is 0 Å². The van der Waals surface area contributed by atoms with Gasteiger partial charge in [0.25, 0.3) is 0 Å². The summed E-state index contributed by atoms with van der Waals surface area (Å²) in [5.41, 5.74) is -0.223. The lowest BCUT2D eigenvalue weighted by Gasteiger charge is -2.49. The van der Waals surface area contributed by atoms with Crippen LogP contribution in [0, 0.1) is 0 Å². The molecule has 0 aromatic carbocycles. The van der Waals surface area contributed by atoms with E-state index in [9.17, 15) is 4.79 Å². The average Bonchev–Trinajstić information content (AvgIpc) is 3.31. The fraction of sp³-hybridized carbons (Fsp3) is 0.550. The van der Waals surface area contributed by atoms with Crippen molar-refractivity contribution in [2.24, 2.45) is 0 Å². The summed E-state index contributed by atoms with van der Waals surface area (Å²) in [5, 5.41) is 7.48. The standard InChI is InChI=1S/C20H26N2O2S2/c23-19(13-16-5-3-11-25-16)21-18-7-1-2-8-20(18)15-22(9-10-24-20)14-17-6-4-12-26-17/h3-6,11-12,18H,1-2,7-10,13-15H2,(H,21,23). The summed E-state index contributed by atoms with van der Waals surface area (Å²) in [7, 11) is 0. The second-order valence-corrected chi connectivity index (χ2v) is 9.39. The van der Waals surface area contributed by atoms with Crippen molar-refractivity contribution in [1.29, 1.82) is 0 Å². The summed E-state index contributed by atoms with van der Waals surface area (Å²) in [6.45, 7) is 3.62. The van der Waals surface area contributed by atoms with E-state index >= 15 is 0 Å². The van der Waals surface area contributed by atoms with Gasteiger partial charge in [0.1, 0.15) is 5.60 Å². The number of thiophene rings is 2. The highest BCUT2D eigenvalue weighted by molar-refractivity contribution is 7.10. The molecule has 1 spiro atoms. The van der Waals surface area contributed by atoms with Crippen LogP contribution in [0.3, 0.4) is 0 Å². The summed E-state index contributed by atoms with van der Waals surface area (Å²) in [5.74, 6) is 0.123. The maximum absolute atomic E-state index is 12.6. The Kier molecular flexibility index (Phi) is 5.74. The van der Waals surface area contributed by atoms with Crippen LogP contribution in [0.25, 0.3) is 0 Å². The zero-order valence-electron chi connectivity index (χ0n) is 15.0. The molecule has 1 N–H and O–H groups in total. The molecule has 2 unspecified atom stereocenters. The normalized spacial score (nSPS) is 26.8. The molecule has 1 saturated heterocycles. The number of ether oxygens (including phenoxy) is 1. The summed E-state index contributed by atoms with van der Waals surface area (Å²) in [4.78, 5) is 17.6. The maximum Gasteiger partial charge on any atom is 0.225 e. The van der Waals surface area contributed by atoms with E-state index in [1.165, 1.54) is 17.7 Å². The molecular formula is C20H26N2O2S2. The number of carbonyl (C=O) groups excluding carboxylic acids is 1. The van der Waals surface area contributed by atoms with Gasteiger partial charge in [0, 0.05) is 29.4 Å². The Morgan fingerprint density at radius 1 is 1.23 bits per heavy atom. The molecule has 140 valence electrons. The Hall–Kier alpha value is -1.21. The van der Waals surface area contributed by atoms with Gasteiger partial charge in [0.05, 0.1) is 19.1 Å². The van der Waals surface area contributed by atoms with Crippen molar-refractivity contribution >= 4 is 28.6 Å². The first-order chi connectivity index (χ1) is 12.7. The fourth-order valence-corrected chi connectivity index (χ4v) is 5.68. The van der Waals surface area contributed by atoms with E-state index in [1.54, 1.807) is 11.3 Å². The molecule has 2 aromatic heterocycles. The summed E-state index contributed by atoms with van der Waals surface area (Å²) in [6, 6.07) is 8.47. The third-order valence-electron chi connectivity index (χ3n) is 5.48. The molecule has 2 atom stereocenters. The van der Waals surface area contributed by atoms with Crippen molar-refractivity contribution in [3.05, 3.63) is 44.8 Å². The molecule has 6 heteroatoms. The van der Waals surface area contributed by atoms with E-state index in [2.05, 4.69) is 27.7 Å². The van der Waals surface area contributed by atoms with E-state index in [4.69, 9.17) is 4.74 Å². The van der Waals surface area contributed by atoms with Gasteiger partial charge < -0.3 is 10.1 Å². The van der Waals surface area contributed by atoms with Crippen LogP contribution in [-0.4, -0.2) is 42.1 Å². The largest absolute Gasteiger partial charge is 0.370 e. The lowest BCUT2D eigenvalue weighted by Crippen LogP contribution is -2.64. The molecule has 1 saturated carbocycles. The number of amides is 1. The van der Waals surface area contributed by atoms with Crippen molar-refractivity contribution in [1.82, 2.24) is 10.2 Å². The predicted octanol–water partition coefficient (Wildman–Crippen LogP) is 3.68. The van der Waals surface area contributed by atoms with Crippen LogP contribution in [0.2, 0.25) is 0 Å². The smallest absolute Gasteiger partial charge is 0.225 e. The molecule has 3 heterocycles. The summed E-state index contributed by atoms with van der Waals surface area (Å²) in [6.07, 6.45) is 4.88. The second kappa shape index (κ2) is 8.21. The molecule has 0 radical (unpaired) electrons. The first-order valence-corrected chi connectivity index (χ1v) is 11.2. The third-order valence-corrected chi connectivity index (χ3v) is 7.21. The van der Waals surface area contributed by atoms with Crippen LogP contribution in [0.1, 0.15) is 35.4 Å². The molecule has 4 rings (SSSR count). The van der Waals surface area contributed by atoms with Gasteiger partial charge in [0.2, 0.25) is 5.91 Å². The van der Waals surface area contributed by atoms with Gasteiger partial charge in [-0.05, 0) is 35.7 Å². The van der Waals surface area contributed by atoms with E-state index in [0.29, 0.717) is 6.42 Å². The summed E-state index contributed by atoms with van der Waals surface area (Å²) >= 11 is 3.46. The molecule has 0 bridgehead atoms. The molecule has 1 aliphatic carbocycles. The Morgan fingerprint density at radius 2 is 2.04 bits per heavy atom. The van der Waals surface area contributed by atoms with Gasteiger partial charge in [-0.1, -0.05) is 25.0 Å². The van der Waals surface area contributed by atoms with Crippen LogP contribution in [0.4, 0.5) is 0 Å². The van der Waals surface area contributed by atoms with Crippen LogP contribution in [-0.2, 0) is 22.5 Å². The Labute approximate surface area is 163 Å². The minimum atomic E-state index is -0.223. The van der Waals surface area contributed by atoms with Crippen LogP contribution in [0.5, 0.6) is 0 Å². The summed E-state index contributed by atoms with van der Waals surface area (Å²) < 4.78 is 6.35. The zero-order chi connectivity index (χ0) is 17.8. The van der Waals surface area contributed by atoms with Gasteiger partial charge in [-0.3, -0.25) is 9.69 Å². The molecule has 2 fully saturated rings. The van der Waals surface area contributed by atoms with E-state index < -0.39 is 0 Å². The highest BCUT2D eigenvalue weighted by Crippen LogP contribution is 2.35. The monoisotopic (exact) mass is 390 g/mol. The predicted molar refractivity (Wildman–Crippen MR) is 107 cm³/mol. The quantitative estimate of drug-likeness (QED) is 0.847. The van der Waals surface area contributed by atoms with Gasteiger partial charge in [-0.2, -0.15) is 0 Å². The lowest BCUT2D eigenvalue weighted by molar-refractivity contribution is -0.151. The van der Waals surface area contributed by atoms with Crippen molar-refractivity contribution in [2.45, 2.75) is 50.3 Å². The number of nitrogens with one attached hydrogen (secondary N) is 1. The molecule has 1 aliphatic heterocycles. The molecule has 26 heavy (non-hydrogen) atoms. The fourth-order valence-electron chi connectivity index (χ4n) is 4.23. The molecule has 1 amide bonds. The number of hydrogen-bond donors (Lipinski definition) is 1. The SMILES string of the molecule is O=C(Cc1cccs1)NC1CCCCC12CN(Cc1cccs1)CCO2. The van der Waals surface area contributed by atoms with E-state index in [0.717, 1.165) is 44.0 Å². The lowest BCUT2D eigenvalue weighted by atomic mass is 9.78. The van der Waals surface area contributed by atoms with Crippen LogP contribution >= 0.6 is 22.7 Å². The first-order valence-electron chi connectivity index (χ1n) is 9.44. The zero-order valence-corrected chi connectivity index (χ0v) is 16.6. The number of morpholine rings is 1. The molecule has 2 aromatic rings.